The fraction of sp³-hybridized carbons (Fsp3) is 1.00. The number of nitrogens with zero attached hydrogens (tertiary/aromatic N) is 1. The van der Waals surface area contributed by atoms with Gasteiger partial charge in [-0.2, -0.15) is 0 Å². The molecule has 4 atom stereocenters. The summed E-state index contributed by atoms with van der Waals surface area (Å²) in [6.45, 7) is 9.74. The molecule has 2 nitrogen and oxygen atoms in total. The maximum Gasteiger partial charge on any atom is 0.0249 e. The largest absolute Gasteiger partial charge is 0.326 e. The molecule has 2 heteroatoms. The second kappa shape index (κ2) is 6.38. The average molecular weight is 252 g/mol. The zero-order valence-electron chi connectivity index (χ0n) is 12.6. The van der Waals surface area contributed by atoms with E-state index in [4.69, 9.17) is 5.73 Å². The monoisotopic (exact) mass is 252 g/mol. The SMILES string of the molecule is CC1CCC(N)C(N2CCCC(C(C)C)CC2)C1. The van der Waals surface area contributed by atoms with Crippen LogP contribution < -0.4 is 5.73 Å². The van der Waals surface area contributed by atoms with Crippen LogP contribution in [0, 0.1) is 17.8 Å². The van der Waals surface area contributed by atoms with Gasteiger partial charge in [0.2, 0.25) is 0 Å². The van der Waals surface area contributed by atoms with E-state index < -0.39 is 0 Å². The van der Waals surface area contributed by atoms with Crippen LogP contribution in [0.25, 0.3) is 0 Å². The molecule has 0 aromatic heterocycles. The third-order valence-electron chi connectivity index (χ3n) is 5.35. The van der Waals surface area contributed by atoms with Gasteiger partial charge in [0, 0.05) is 12.1 Å². The predicted octanol–water partition coefficient (Wildman–Crippen LogP) is 3.26. The molecule has 0 aromatic rings. The number of hydrogen-bond acceptors (Lipinski definition) is 2. The Morgan fingerprint density at radius 3 is 2.56 bits per heavy atom. The zero-order chi connectivity index (χ0) is 13.1. The Hall–Kier alpha value is -0.0800. The number of likely N-dealkylation sites (tertiary alicyclic amines) is 1. The van der Waals surface area contributed by atoms with Gasteiger partial charge in [-0.3, -0.25) is 4.90 Å². The molecule has 2 aliphatic rings. The van der Waals surface area contributed by atoms with Gasteiger partial charge in [-0.1, -0.05) is 20.8 Å². The molecule has 1 aliphatic carbocycles. The molecule has 106 valence electrons. The highest BCUT2D eigenvalue weighted by atomic mass is 15.2. The Morgan fingerprint density at radius 1 is 1.06 bits per heavy atom. The first kappa shape index (κ1) is 14.3. The fourth-order valence-electron chi connectivity index (χ4n) is 3.94. The van der Waals surface area contributed by atoms with Crippen molar-refractivity contribution in [3.8, 4) is 0 Å². The van der Waals surface area contributed by atoms with Crippen LogP contribution in [0.5, 0.6) is 0 Å². The van der Waals surface area contributed by atoms with Crippen molar-refractivity contribution in [3.05, 3.63) is 0 Å². The Balaban J connectivity index is 1.92. The fourth-order valence-corrected chi connectivity index (χ4v) is 3.94. The van der Waals surface area contributed by atoms with Crippen molar-refractivity contribution in [2.45, 2.75) is 71.4 Å². The van der Waals surface area contributed by atoms with Gasteiger partial charge in [0.1, 0.15) is 0 Å². The Kier molecular flexibility index (Phi) is 5.08. The number of hydrogen-bond donors (Lipinski definition) is 1. The molecule has 1 saturated heterocycles. The maximum atomic E-state index is 6.38. The summed E-state index contributed by atoms with van der Waals surface area (Å²) in [7, 11) is 0. The summed E-state index contributed by atoms with van der Waals surface area (Å²) in [5, 5.41) is 0. The van der Waals surface area contributed by atoms with Gasteiger partial charge in [-0.05, 0) is 69.4 Å². The van der Waals surface area contributed by atoms with E-state index in [2.05, 4.69) is 25.7 Å². The Bertz CT molecular complexity index is 251. The second-order valence-corrected chi connectivity index (χ2v) is 7.12. The Labute approximate surface area is 113 Å². The topological polar surface area (TPSA) is 29.3 Å². The average Bonchev–Trinajstić information content (AvgIpc) is 2.58. The molecule has 0 aromatic carbocycles. The minimum absolute atomic E-state index is 0.428. The summed E-state index contributed by atoms with van der Waals surface area (Å²) >= 11 is 0. The summed E-state index contributed by atoms with van der Waals surface area (Å²) in [5.41, 5.74) is 6.38. The molecule has 0 spiro atoms. The van der Waals surface area contributed by atoms with Crippen molar-refractivity contribution in [1.29, 1.82) is 0 Å². The molecule has 2 fully saturated rings. The molecule has 0 bridgehead atoms. The number of nitrogens with two attached hydrogens (primary N) is 1. The normalized spacial score (nSPS) is 39.8. The lowest BCUT2D eigenvalue weighted by Gasteiger charge is -2.40. The van der Waals surface area contributed by atoms with Crippen LogP contribution in [-0.4, -0.2) is 30.1 Å². The molecule has 0 radical (unpaired) electrons. The molecular formula is C16H32N2. The third-order valence-corrected chi connectivity index (χ3v) is 5.35. The van der Waals surface area contributed by atoms with E-state index in [1.54, 1.807) is 0 Å². The summed E-state index contributed by atoms with van der Waals surface area (Å²) in [6.07, 6.45) is 8.07. The molecule has 18 heavy (non-hydrogen) atoms. The molecule has 2 rings (SSSR count). The zero-order valence-corrected chi connectivity index (χ0v) is 12.6. The van der Waals surface area contributed by atoms with E-state index in [1.165, 1.54) is 51.6 Å². The van der Waals surface area contributed by atoms with E-state index >= 15 is 0 Å². The summed E-state index contributed by atoms with van der Waals surface area (Å²) in [5.74, 6) is 2.66. The third kappa shape index (κ3) is 3.48. The molecule has 1 saturated carbocycles. The van der Waals surface area contributed by atoms with Crippen LogP contribution in [0.1, 0.15) is 59.3 Å². The first-order chi connectivity index (χ1) is 8.58. The van der Waals surface area contributed by atoms with Gasteiger partial charge in [0.05, 0.1) is 0 Å². The number of rotatable bonds is 2. The minimum Gasteiger partial charge on any atom is -0.326 e. The van der Waals surface area contributed by atoms with Gasteiger partial charge in [0.25, 0.3) is 0 Å². The summed E-state index contributed by atoms with van der Waals surface area (Å²) < 4.78 is 0. The van der Waals surface area contributed by atoms with Crippen LogP contribution in [0.15, 0.2) is 0 Å². The van der Waals surface area contributed by atoms with Crippen LogP contribution in [-0.2, 0) is 0 Å². The maximum absolute atomic E-state index is 6.38. The van der Waals surface area contributed by atoms with Crippen LogP contribution >= 0.6 is 0 Å². The van der Waals surface area contributed by atoms with Gasteiger partial charge in [-0.15, -0.1) is 0 Å². The van der Waals surface area contributed by atoms with Crippen molar-refractivity contribution in [2.24, 2.45) is 23.5 Å². The second-order valence-electron chi connectivity index (χ2n) is 7.12. The van der Waals surface area contributed by atoms with Crippen molar-refractivity contribution in [2.75, 3.05) is 13.1 Å². The lowest BCUT2D eigenvalue weighted by Crippen LogP contribution is -2.51. The standard InChI is InChI=1S/C16H32N2/c1-12(2)14-5-4-9-18(10-8-14)16-11-13(3)6-7-15(16)17/h12-16H,4-11,17H2,1-3H3. The quantitative estimate of drug-likeness (QED) is 0.817. The highest BCUT2D eigenvalue weighted by molar-refractivity contribution is 4.89. The van der Waals surface area contributed by atoms with E-state index in [0.717, 1.165) is 17.8 Å². The molecule has 2 N–H and O–H groups in total. The van der Waals surface area contributed by atoms with Crippen molar-refractivity contribution in [3.63, 3.8) is 0 Å². The molecule has 0 amide bonds. The predicted molar refractivity (Wildman–Crippen MR) is 78.5 cm³/mol. The lowest BCUT2D eigenvalue weighted by atomic mass is 9.83. The minimum atomic E-state index is 0.428. The van der Waals surface area contributed by atoms with Crippen LogP contribution in [0.2, 0.25) is 0 Å². The van der Waals surface area contributed by atoms with Crippen LogP contribution in [0.4, 0.5) is 0 Å². The van der Waals surface area contributed by atoms with Gasteiger partial charge < -0.3 is 5.73 Å². The van der Waals surface area contributed by atoms with Crippen molar-refractivity contribution >= 4 is 0 Å². The first-order valence-corrected chi connectivity index (χ1v) is 8.07. The molecule has 4 unspecified atom stereocenters. The summed E-state index contributed by atoms with van der Waals surface area (Å²) in [6, 6.07) is 1.09. The molecule has 1 aliphatic heterocycles. The van der Waals surface area contributed by atoms with Gasteiger partial charge in [0.15, 0.2) is 0 Å². The lowest BCUT2D eigenvalue weighted by molar-refractivity contribution is 0.117. The molecular weight excluding hydrogens is 220 g/mol. The summed E-state index contributed by atoms with van der Waals surface area (Å²) in [4.78, 5) is 2.72. The van der Waals surface area contributed by atoms with Gasteiger partial charge >= 0.3 is 0 Å². The van der Waals surface area contributed by atoms with Gasteiger partial charge in [-0.25, -0.2) is 0 Å². The van der Waals surface area contributed by atoms with E-state index in [-0.39, 0.29) is 0 Å². The smallest absolute Gasteiger partial charge is 0.0249 e. The Morgan fingerprint density at radius 2 is 1.83 bits per heavy atom. The van der Waals surface area contributed by atoms with E-state index in [1.807, 2.05) is 0 Å². The highest BCUT2D eigenvalue weighted by Crippen LogP contribution is 2.31. The highest BCUT2D eigenvalue weighted by Gasteiger charge is 2.32. The van der Waals surface area contributed by atoms with E-state index in [9.17, 15) is 0 Å². The van der Waals surface area contributed by atoms with E-state index in [0.29, 0.717) is 12.1 Å². The molecule has 1 heterocycles. The first-order valence-electron chi connectivity index (χ1n) is 8.07. The van der Waals surface area contributed by atoms with Crippen molar-refractivity contribution in [1.82, 2.24) is 4.90 Å². The van der Waals surface area contributed by atoms with Crippen LogP contribution in [0.3, 0.4) is 0 Å². The van der Waals surface area contributed by atoms with Crippen molar-refractivity contribution < 1.29 is 0 Å².